The molecule has 0 unspecified atom stereocenters. The van der Waals surface area contributed by atoms with Crippen LogP contribution in [0.3, 0.4) is 0 Å². The Morgan fingerprint density at radius 3 is 2.31 bits per heavy atom. The second-order valence-electron chi connectivity index (χ2n) is 6.72. The van der Waals surface area contributed by atoms with E-state index in [4.69, 9.17) is 4.98 Å². The maximum absolute atomic E-state index is 4.90. The van der Waals surface area contributed by atoms with E-state index in [2.05, 4.69) is 65.0 Å². The van der Waals surface area contributed by atoms with Gasteiger partial charge < -0.3 is 0 Å². The number of benzene rings is 2. The van der Waals surface area contributed by atoms with Crippen molar-refractivity contribution in [2.24, 2.45) is 0 Å². The van der Waals surface area contributed by atoms with Crippen molar-refractivity contribution in [3.05, 3.63) is 84.0 Å². The van der Waals surface area contributed by atoms with Gasteiger partial charge in [0.25, 0.3) is 0 Å². The van der Waals surface area contributed by atoms with Crippen molar-refractivity contribution in [1.82, 2.24) is 9.97 Å². The number of hydrogen-bond donors (Lipinski definition) is 0. The van der Waals surface area contributed by atoms with E-state index in [-0.39, 0.29) is 0 Å². The number of thiazole rings is 1. The summed E-state index contributed by atoms with van der Waals surface area (Å²) < 4.78 is 0. The number of nitrogens with zero attached hydrogens (tertiary/aromatic N) is 2. The summed E-state index contributed by atoms with van der Waals surface area (Å²) in [6.07, 6.45) is 6.44. The fraction of sp³-hybridized carbons (Fsp3) is 0.130. The molecule has 2 heterocycles. The molecular formula is C23H18N2S. The number of pyridine rings is 1. The monoisotopic (exact) mass is 354 g/mol. The van der Waals surface area contributed by atoms with Crippen LogP contribution in [0.15, 0.2) is 78.4 Å². The van der Waals surface area contributed by atoms with Crippen LogP contribution < -0.4 is 0 Å². The summed E-state index contributed by atoms with van der Waals surface area (Å²) in [6.45, 7) is 0. The normalized spacial score (nSPS) is 13.7. The summed E-state index contributed by atoms with van der Waals surface area (Å²) in [6, 6.07) is 21.3. The molecule has 26 heavy (non-hydrogen) atoms. The third-order valence-electron chi connectivity index (χ3n) is 4.89. The molecule has 2 aromatic heterocycles. The van der Waals surface area contributed by atoms with Crippen LogP contribution >= 0.6 is 11.3 Å². The average Bonchev–Trinajstić information content (AvgIpc) is 3.45. The van der Waals surface area contributed by atoms with Gasteiger partial charge in [-0.15, -0.1) is 11.3 Å². The summed E-state index contributed by atoms with van der Waals surface area (Å²) in [5, 5.41) is 3.22. The molecule has 2 aromatic carbocycles. The van der Waals surface area contributed by atoms with E-state index >= 15 is 0 Å². The first-order valence-corrected chi connectivity index (χ1v) is 9.82. The average molecular weight is 354 g/mol. The molecule has 0 saturated heterocycles. The van der Waals surface area contributed by atoms with Gasteiger partial charge in [0.2, 0.25) is 0 Å². The van der Waals surface area contributed by atoms with Crippen LogP contribution in [-0.4, -0.2) is 9.97 Å². The molecule has 5 rings (SSSR count). The summed E-state index contributed by atoms with van der Waals surface area (Å²) >= 11 is 1.71. The molecule has 0 N–H and O–H groups in total. The maximum atomic E-state index is 4.90. The van der Waals surface area contributed by atoms with Crippen LogP contribution in [0.25, 0.3) is 33.0 Å². The lowest BCUT2D eigenvalue weighted by molar-refractivity contribution is 1.11. The van der Waals surface area contributed by atoms with E-state index in [9.17, 15) is 0 Å². The highest BCUT2D eigenvalue weighted by atomic mass is 32.1. The summed E-state index contributed by atoms with van der Waals surface area (Å²) in [5.41, 5.74) is 7.27. The minimum absolute atomic E-state index is 0.700. The second kappa shape index (κ2) is 6.50. The van der Waals surface area contributed by atoms with E-state index in [1.165, 1.54) is 35.1 Å². The highest BCUT2D eigenvalue weighted by Gasteiger charge is 2.27. The van der Waals surface area contributed by atoms with Crippen molar-refractivity contribution in [3.63, 3.8) is 0 Å². The van der Waals surface area contributed by atoms with Gasteiger partial charge in [0, 0.05) is 28.9 Å². The number of aromatic nitrogens is 2. The zero-order valence-corrected chi connectivity index (χ0v) is 15.1. The van der Waals surface area contributed by atoms with Crippen LogP contribution in [0.2, 0.25) is 0 Å². The van der Waals surface area contributed by atoms with Gasteiger partial charge in [-0.25, -0.2) is 4.98 Å². The van der Waals surface area contributed by atoms with Crippen molar-refractivity contribution in [1.29, 1.82) is 0 Å². The molecule has 1 aliphatic carbocycles. The Bertz CT molecular complexity index is 1030. The summed E-state index contributed by atoms with van der Waals surface area (Å²) in [5.74, 6) is 0.700. The molecule has 2 nitrogen and oxygen atoms in total. The standard InChI is InChI=1S/C23H18N2S/c1-2-4-16(5-3-1)17-6-10-19(11-7-17)22-15-26-23(25-22)21-14-24-13-12-20(21)18-8-9-18/h1-7,10-15,18H,8-9H2. The second-order valence-corrected chi connectivity index (χ2v) is 7.58. The minimum atomic E-state index is 0.700. The van der Waals surface area contributed by atoms with Gasteiger partial charge in [0.1, 0.15) is 5.01 Å². The third kappa shape index (κ3) is 2.95. The van der Waals surface area contributed by atoms with Crippen LogP contribution in [0.5, 0.6) is 0 Å². The quantitative estimate of drug-likeness (QED) is 0.423. The predicted octanol–water partition coefficient (Wildman–Crippen LogP) is 6.42. The fourth-order valence-electron chi connectivity index (χ4n) is 3.33. The highest BCUT2D eigenvalue weighted by molar-refractivity contribution is 7.13. The van der Waals surface area contributed by atoms with Crippen molar-refractivity contribution in [2.75, 3.05) is 0 Å². The highest BCUT2D eigenvalue weighted by Crippen LogP contribution is 2.44. The van der Waals surface area contributed by atoms with Gasteiger partial charge in [-0.05, 0) is 41.5 Å². The van der Waals surface area contributed by atoms with Gasteiger partial charge in [-0.2, -0.15) is 0 Å². The molecule has 0 bridgehead atoms. The molecule has 0 aliphatic heterocycles. The van der Waals surface area contributed by atoms with E-state index in [1.54, 1.807) is 11.3 Å². The molecule has 1 saturated carbocycles. The smallest absolute Gasteiger partial charge is 0.125 e. The molecule has 4 aromatic rings. The zero-order chi connectivity index (χ0) is 17.3. The Balaban J connectivity index is 1.46. The van der Waals surface area contributed by atoms with Gasteiger partial charge in [0.15, 0.2) is 0 Å². The molecule has 0 atom stereocenters. The Hall–Kier alpha value is -2.78. The van der Waals surface area contributed by atoms with Crippen LogP contribution in [0.1, 0.15) is 24.3 Å². The Morgan fingerprint density at radius 2 is 1.54 bits per heavy atom. The summed E-state index contributed by atoms with van der Waals surface area (Å²) in [4.78, 5) is 9.23. The van der Waals surface area contributed by atoms with Crippen molar-refractivity contribution >= 4 is 11.3 Å². The van der Waals surface area contributed by atoms with E-state index in [0.717, 1.165) is 16.3 Å². The van der Waals surface area contributed by atoms with Crippen LogP contribution in [0, 0.1) is 0 Å². The topological polar surface area (TPSA) is 25.8 Å². The molecule has 0 radical (unpaired) electrons. The Kier molecular flexibility index (Phi) is 3.87. The van der Waals surface area contributed by atoms with E-state index in [0.29, 0.717) is 5.92 Å². The molecule has 1 aliphatic rings. The van der Waals surface area contributed by atoms with Crippen molar-refractivity contribution in [3.8, 4) is 33.0 Å². The zero-order valence-electron chi connectivity index (χ0n) is 14.3. The van der Waals surface area contributed by atoms with Crippen LogP contribution in [-0.2, 0) is 0 Å². The van der Waals surface area contributed by atoms with Gasteiger partial charge >= 0.3 is 0 Å². The number of rotatable bonds is 4. The Labute approximate surface area is 157 Å². The number of hydrogen-bond acceptors (Lipinski definition) is 3. The molecule has 1 fully saturated rings. The predicted molar refractivity (Wildman–Crippen MR) is 108 cm³/mol. The molecule has 0 spiro atoms. The SMILES string of the molecule is c1ccc(-c2ccc(-c3csc(-c4cnccc4C4CC4)n3)cc2)cc1. The third-order valence-corrected chi connectivity index (χ3v) is 5.77. The molecule has 126 valence electrons. The van der Waals surface area contributed by atoms with Crippen molar-refractivity contribution < 1.29 is 0 Å². The van der Waals surface area contributed by atoms with E-state index < -0.39 is 0 Å². The fourth-order valence-corrected chi connectivity index (χ4v) is 4.19. The van der Waals surface area contributed by atoms with Gasteiger partial charge in [-0.3, -0.25) is 4.98 Å². The molecule has 0 amide bonds. The van der Waals surface area contributed by atoms with Gasteiger partial charge in [0.05, 0.1) is 5.69 Å². The summed E-state index contributed by atoms with van der Waals surface area (Å²) in [7, 11) is 0. The van der Waals surface area contributed by atoms with Gasteiger partial charge in [-0.1, -0.05) is 54.6 Å². The molecule has 3 heteroatoms. The first kappa shape index (κ1) is 15.5. The lowest BCUT2D eigenvalue weighted by atomic mass is 10.0. The van der Waals surface area contributed by atoms with Crippen molar-refractivity contribution in [2.45, 2.75) is 18.8 Å². The first-order valence-electron chi connectivity index (χ1n) is 8.94. The lowest BCUT2D eigenvalue weighted by Gasteiger charge is -2.05. The van der Waals surface area contributed by atoms with E-state index in [1.807, 2.05) is 18.5 Å². The maximum Gasteiger partial charge on any atom is 0.125 e. The minimum Gasteiger partial charge on any atom is -0.264 e. The largest absolute Gasteiger partial charge is 0.264 e. The first-order chi connectivity index (χ1) is 12.9. The lowest BCUT2D eigenvalue weighted by Crippen LogP contribution is -1.88. The molecular weight excluding hydrogens is 336 g/mol. The van der Waals surface area contributed by atoms with Crippen LogP contribution in [0.4, 0.5) is 0 Å². The Morgan fingerprint density at radius 1 is 0.808 bits per heavy atom.